The Kier molecular flexibility index (Phi) is 2.88. The molecule has 1 heterocycles. The maximum absolute atomic E-state index is 8.84. The summed E-state index contributed by atoms with van der Waals surface area (Å²) in [5.41, 5.74) is 1.09. The minimum absolute atomic E-state index is 0.283. The molecule has 1 N–H and O–H groups in total. The van der Waals surface area contributed by atoms with Crippen molar-refractivity contribution in [2.75, 3.05) is 12.4 Å². The SMILES string of the molecule is CNc1nn(-c2ccc(Br)cc2)nc1C#N. The van der Waals surface area contributed by atoms with Crippen LogP contribution in [0.1, 0.15) is 5.69 Å². The number of nitriles is 1. The fourth-order valence-electron chi connectivity index (χ4n) is 1.24. The van der Waals surface area contributed by atoms with Gasteiger partial charge in [0.15, 0.2) is 5.82 Å². The van der Waals surface area contributed by atoms with E-state index in [2.05, 4.69) is 31.4 Å². The summed E-state index contributed by atoms with van der Waals surface area (Å²) in [5.74, 6) is 0.477. The van der Waals surface area contributed by atoms with E-state index in [-0.39, 0.29) is 5.69 Å². The molecule has 0 saturated heterocycles. The minimum Gasteiger partial charge on any atom is -0.369 e. The van der Waals surface area contributed by atoms with E-state index < -0.39 is 0 Å². The first-order valence-electron chi connectivity index (χ1n) is 4.55. The third kappa shape index (κ3) is 1.90. The molecule has 1 aromatic carbocycles. The number of halogens is 1. The van der Waals surface area contributed by atoms with Gasteiger partial charge in [-0.25, -0.2) is 0 Å². The third-order valence-corrected chi connectivity index (χ3v) is 2.54. The zero-order valence-corrected chi connectivity index (χ0v) is 10.1. The van der Waals surface area contributed by atoms with Gasteiger partial charge < -0.3 is 5.32 Å². The van der Waals surface area contributed by atoms with Crippen molar-refractivity contribution < 1.29 is 0 Å². The Hall–Kier alpha value is -1.87. The molecule has 2 aromatic rings. The first-order valence-corrected chi connectivity index (χ1v) is 5.35. The van der Waals surface area contributed by atoms with E-state index in [1.54, 1.807) is 7.05 Å². The highest BCUT2D eigenvalue weighted by atomic mass is 79.9. The van der Waals surface area contributed by atoms with Gasteiger partial charge in [0.05, 0.1) is 5.69 Å². The highest BCUT2D eigenvalue weighted by Crippen LogP contribution is 2.15. The molecule has 0 unspecified atom stereocenters. The molecule has 6 heteroatoms. The molecule has 0 aliphatic rings. The van der Waals surface area contributed by atoms with Crippen molar-refractivity contribution in [1.82, 2.24) is 15.0 Å². The van der Waals surface area contributed by atoms with Gasteiger partial charge in [-0.3, -0.25) is 0 Å². The summed E-state index contributed by atoms with van der Waals surface area (Å²) in [4.78, 5) is 1.43. The molecule has 1 aromatic heterocycles. The zero-order chi connectivity index (χ0) is 11.5. The molecule has 2 rings (SSSR count). The van der Waals surface area contributed by atoms with Gasteiger partial charge in [0.25, 0.3) is 0 Å². The number of anilines is 1. The number of nitrogens with zero attached hydrogens (tertiary/aromatic N) is 4. The number of nitrogens with one attached hydrogen (secondary N) is 1. The summed E-state index contributed by atoms with van der Waals surface area (Å²) in [7, 11) is 1.71. The topological polar surface area (TPSA) is 66.5 Å². The lowest BCUT2D eigenvalue weighted by atomic mass is 10.3. The van der Waals surface area contributed by atoms with Crippen molar-refractivity contribution in [1.29, 1.82) is 5.26 Å². The second-order valence-electron chi connectivity index (χ2n) is 3.02. The monoisotopic (exact) mass is 277 g/mol. The van der Waals surface area contributed by atoms with Gasteiger partial charge >= 0.3 is 0 Å². The van der Waals surface area contributed by atoms with Gasteiger partial charge in [0.1, 0.15) is 6.07 Å². The minimum atomic E-state index is 0.283. The maximum atomic E-state index is 8.84. The molecule has 0 aliphatic carbocycles. The highest BCUT2D eigenvalue weighted by molar-refractivity contribution is 9.10. The first-order chi connectivity index (χ1) is 7.74. The quantitative estimate of drug-likeness (QED) is 0.911. The number of benzene rings is 1. The molecular formula is C10H8BrN5. The van der Waals surface area contributed by atoms with E-state index in [1.165, 1.54) is 4.80 Å². The summed E-state index contributed by atoms with van der Waals surface area (Å²) < 4.78 is 0.984. The molecule has 0 radical (unpaired) electrons. The van der Waals surface area contributed by atoms with Gasteiger partial charge in [0, 0.05) is 11.5 Å². The predicted octanol–water partition coefficient (Wildman–Crippen LogP) is 1.94. The van der Waals surface area contributed by atoms with Crippen molar-refractivity contribution in [2.45, 2.75) is 0 Å². The van der Waals surface area contributed by atoms with Crippen LogP contribution in [0.5, 0.6) is 0 Å². The molecule has 0 bridgehead atoms. The van der Waals surface area contributed by atoms with Crippen molar-refractivity contribution >= 4 is 21.7 Å². The van der Waals surface area contributed by atoms with Gasteiger partial charge in [-0.05, 0) is 24.3 Å². The zero-order valence-electron chi connectivity index (χ0n) is 8.48. The predicted molar refractivity (Wildman–Crippen MR) is 63.3 cm³/mol. The number of hydrogen-bond donors (Lipinski definition) is 1. The van der Waals surface area contributed by atoms with Crippen LogP contribution in [0, 0.1) is 11.3 Å². The summed E-state index contributed by atoms with van der Waals surface area (Å²) >= 11 is 3.35. The molecule has 80 valence electrons. The summed E-state index contributed by atoms with van der Waals surface area (Å²) in [6.45, 7) is 0. The van der Waals surface area contributed by atoms with E-state index in [0.29, 0.717) is 5.82 Å². The van der Waals surface area contributed by atoms with Crippen LogP contribution in [0.2, 0.25) is 0 Å². The van der Waals surface area contributed by atoms with E-state index in [4.69, 9.17) is 5.26 Å². The molecule has 0 fully saturated rings. The largest absolute Gasteiger partial charge is 0.369 e. The van der Waals surface area contributed by atoms with Crippen LogP contribution < -0.4 is 5.32 Å². The maximum Gasteiger partial charge on any atom is 0.207 e. The molecule has 0 amide bonds. The lowest BCUT2D eigenvalue weighted by Crippen LogP contribution is -1.99. The van der Waals surface area contributed by atoms with Crippen molar-refractivity contribution in [3.63, 3.8) is 0 Å². The molecule has 16 heavy (non-hydrogen) atoms. The fourth-order valence-corrected chi connectivity index (χ4v) is 1.50. The van der Waals surface area contributed by atoms with Crippen molar-refractivity contribution in [3.8, 4) is 11.8 Å². The number of aromatic nitrogens is 3. The lowest BCUT2D eigenvalue weighted by molar-refractivity contribution is 0.751. The Labute approximate surface area is 101 Å². The van der Waals surface area contributed by atoms with E-state index in [0.717, 1.165) is 10.2 Å². The molecule has 0 spiro atoms. The van der Waals surface area contributed by atoms with E-state index in [9.17, 15) is 0 Å². The van der Waals surface area contributed by atoms with Gasteiger partial charge in [-0.2, -0.15) is 5.26 Å². The first kappa shape index (κ1) is 10.6. The van der Waals surface area contributed by atoms with Gasteiger partial charge in [-0.1, -0.05) is 15.9 Å². The Morgan fingerprint density at radius 3 is 2.50 bits per heavy atom. The molecule has 0 aliphatic heterocycles. The number of hydrogen-bond acceptors (Lipinski definition) is 4. The van der Waals surface area contributed by atoms with Crippen LogP contribution in [0.3, 0.4) is 0 Å². The molecule has 0 saturated carbocycles. The van der Waals surface area contributed by atoms with Crippen LogP contribution in [-0.4, -0.2) is 22.0 Å². The normalized spacial score (nSPS) is 9.81. The molecular weight excluding hydrogens is 270 g/mol. The number of rotatable bonds is 2. The summed E-state index contributed by atoms with van der Waals surface area (Å²) in [5, 5.41) is 19.9. The second-order valence-corrected chi connectivity index (χ2v) is 3.94. The molecule has 0 atom stereocenters. The van der Waals surface area contributed by atoms with Crippen molar-refractivity contribution in [3.05, 3.63) is 34.4 Å². The second kappa shape index (κ2) is 4.33. The van der Waals surface area contributed by atoms with Crippen LogP contribution >= 0.6 is 15.9 Å². The Bertz CT molecular complexity index is 537. The highest BCUT2D eigenvalue weighted by Gasteiger charge is 2.09. The summed E-state index contributed by atoms with van der Waals surface area (Å²) in [6.07, 6.45) is 0. The lowest BCUT2D eigenvalue weighted by Gasteiger charge is -1.98. The Morgan fingerprint density at radius 1 is 1.31 bits per heavy atom. The van der Waals surface area contributed by atoms with Crippen LogP contribution in [0.4, 0.5) is 5.82 Å². The van der Waals surface area contributed by atoms with Gasteiger partial charge in [0.2, 0.25) is 5.69 Å². The van der Waals surface area contributed by atoms with Gasteiger partial charge in [-0.15, -0.1) is 15.0 Å². The third-order valence-electron chi connectivity index (χ3n) is 2.01. The van der Waals surface area contributed by atoms with E-state index in [1.807, 2.05) is 30.3 Å². The van der Waals surface area contributed by atoms with Crippen LogP contribution in [-0.2, 0) is 0 Å². The Balaban J connectivity index is 2.45. The van der Waals surface area contributed by atoms with E-state index >= 15 is 0 Å². The molecule has 5 nitrogen and oxygen atoms in total. The average Bonchev–Trinajstić information content (AvgIpc) is 2.73. The smallest absolute Gasteiger partial charge is 0.207 e. The van der Waals surface area contributed by atoms with Crippen LogP contribution in [0.25, 0.3) is 5.69 Å². The standard InChI is InChI=1S/C10H8BrN5/c1-13-10-9(6-12)14-16(15-10)8-4-2-7(11)3-5-8/h2-5H,1H3,(H,13,15). The fraction of sp³-hybridized carbons (Fsp3) is 0.100. The van der Waals surface area contributed by atoms with Crippen molar-refractivity contribution in [2.24, 2.45) is 0 Å². The van der Waals surface area contributed by atoms with Crippen LogP contribution in [0.15, 0.2) is 28.7 Å². The Morgan fingerprint density at radius 2 is 2.00 bits per heavy atom. The summed E-state index contributed by atoms with van der Waals surface area (Å²) in [6, 6.07) is 9.50. The average molecular weight is 278 g/mol.